The first kappa shape index (κ1) is 16.0. The van der Waals surface area contributed by atoms with Gasteiger partial charge in [0.15, 0.2) is 0 Å². The molecule has 1 heterocycles. The molecule has 0 unspecified atom stereocenters. The van der Waals surface area contributed by atoms with Gasteiger partial charge in [-0.25, -0.2) is 6.08 Å². The van der Waals surface area contributed by atoms with Crippen LogP contribution in [0.3, 0.4) is 0 Å². The smallest absolute Gasteiger partial charge is 0.419 e. The van der Waals surface area contributed by atoms with Crippen LogP contribution in [0.2, 0.25) is 0 Å². The van der Waals surface area contributed by atoms with E-state index in [1.54, 1.807) is 0 Å². The minimum absolute atomic E-state index is 0. The largest absolute Gasteiger partial charge is 1.00 e. The molecule has 0 bridgehead atoms. The van der Waals surface area contributed by atoms with Crippen LogP contribution in [0.1, 0.15) is 32.8 Å². The molecule has 2 rings (SSSR count). The summed E-state index contributed by atoms with van der Waals surface area (Å²) < 4.78 is 0. The van der Waals surface area contributed by atoms with Gasteiger partial charge in [0.1, 0.15) is 0 Å². The van der Waals surface area contributed by atoms with Gasteiger partial charge in [-0.05, 0) is 27.3 Å². The van der Waals surface area contributed by atoms with E-state index in [-0.39, 0.29) is 24.4 Å². The van der Waals surface area contributed by atoms with Crippen molar-refractivity contribution < 1.29 is 18.9 Å². The molecule has 0 atom stereocenters. The molecular formula is C16H21LiN2. The fourth-order valence-corrected chi connectivity index (χ4v) is 1.83. The Morgan fingerprint density at radius 2 is 1.89 bits per heavy atom. The molecule has 0 aromatic heterocycles. The van der Waals surface area contributed by atoms with Crippen LogP contribution < -0.4 is 18.9 Å². The maximum absolute atomic E-state index is 4.52. The molecule has 0 fully saturated rings. The van der Waals surface area contributed by atoms with E-state index in [1.807, 2.05) is 6.34 Å². The van der Waals surface area contributed by atoms with E-state index < -0.39 is 0 Å². The maximum atomic E-state index is 4.52. The summed E-state index contributed by atoms with van der Waals surface area (Å²) in [4.78, 5) is 6.67. The Kier molecular flexibility index (Phi) is 5.78. The van der Waals surface area contributed by atoms with Gasteiger partial charge in [0.2, 0.25) is 0 Å². The Hall–Kier alpha value is -1.10. The molecule has 96 valence electrons. The van der Waals surface area contributed by atoms with Crippen LogP contribution in [0, 0.1) is 6.54 Å². The van der Waals surface area contributed by atoms with Crippen LogP contribution in [-0.2, 0) is 0 Å². The molecule has 1 aromatic carbocycles. The minimum Gasteiger partial charge on any atom is -0.419 e. The van der Waals surface area contributed by atoms with E-state index in [0.717, 1.165) is 13.0 Å². The Morgan fingerprint density at radius 1 is 1.21 bits per heavy atom. The first-order valence-electron chi connectivity index (χ1n) is 6.45. The number of nitrogens with zero attached hydrogens (tertiary/aromatic N) is 2. The summed E-state index contributed by atoms with van der Waals surface area (Å²) in [5.74, 6) is 0. The van der Waals surface area contributed by atoms with Crippen molar-refractivity contribution in [1.29, 1.82) is 0 Å². The topological polar surface area (TPSA) is 15.6 Å². The van der Waals surface area contributed by atoms with Gasteiger partial charge in [-0.15, -0.1) is 12.1 Å². The fraction of sp³-hybridized carbons (Fsp3) is 0.375. The molecule has 0 spiro atoms. The number of rotatable bonds is 2. The second kappa shape index (κ2) is 6.89. The van der Waals surface area contributed by atoms with E-state index in [1.165, 1.54) is 11.1 Å². The predicted molar refractivity (Wildman–Crippen MR) is 78.3 cm³/mol. The number of aliphatic imine (C=N–C) groups is 1. The first-order chi connectivity index (χ1) is 8.54. The Bertz CT molecular complexity index is 444. The zero-order valence-corrected chi connectivity index (χ0v) is 12.4. The molecule has 2 nitrogen and oxygen atoms in total. The van der Waals surface area contributed by atoms with Crippen molar-refractivity contribution in [3.05, 3.63) is 48.5 Å². The van der Waals surface area contributed by atoms with Gasteiger partial charge in [0.05, 0.1) is 11.9 Å². The summed E-state index contributed by atoms with van der Waals surface area (Å²) in [6.45, 7) is 9.44. The van der Waals surface area contributed by atoms with Crippen molar-refractivity contribution in [3.63, 3.8) is 0 Å². The normalized spacial score (nSPS) is 15.7. The summed E-state index contributed by atoms with van der Waals surface area (Å²) in [6.07, 6.45) is 5.20. The molecule has 0 saturated carbocycles. The van der Waals surface area contributed by atoms with E-state index in [9.17, 15) is 0 Å². The molecule has 0 radical (unpaired) electrons. The monoisotopic (exact) mass is 248 g/mol. The molecule has 0 N–H and O–H groups in total. The summed E-state index contributed by atoms with van der Waals surface area (Å²) in [7, 11) is 0. The van der Waals surface area contributed by atoms with Gasteiger partial charge in [-0.1, -0.05) is 36.8 Å². The average Bonchev–Trinajstić information content (AvgIpc) is 2.37. The predicted octanol–water partition coefficient (Wildman–Crippen LogP) is 0.768. The molecule has 1 aromatic rings. The number of hydrogen-bond acceptors (Lipinski definition) is 1. The number of hydrogen-bond donors (Lipinski definition) is 0. The van der Waals surface area contributed by atoms with Gasteiger partial charge >= 0.3 is 18.9 Å². The van der Waals surface area contributed by atoms with Crippen molar-refractivity contribution >= 4 is 11.9 Å². The minimum atomic E-state index is -0.00272. The van der Waals surface area contributed by atoms with Crippen LogP contribution in [0.4, 0.5) is 0 Å². The van der Waals surface area contributed by atoms with Gasteiger partial charge in [-0.3, -0.25) is 4.99 Å². The van der Waals surface area contributed by atoms with Gasteiger partial charge < -0.3 is 4.90 Å². The van der Waals surface area contributed by atoms with Gasteiger partial charge in [0, 0.05) is 0 Å². The zero-order valence-electron chi connectivity index (χ0n) is 12.4. The molecule has 0 amide bonds. The standard InChI is InChI=1S/C16H21N2.Li/c1-16(2,3)17-13-18-11-9-15(10-12-18)14-7-5-4-6-8-14;/h4-9,11,13H,10,12H2,1-3H3;/q-1;+1. The van der Waals surface area contributed by atoms with Crippen LogP contribution in [-0.4, -0.2) is 23.3 Å². The molecule has 1 aliphatic rings. The Balaban J connectivity index is 0.00000180. The van der Waals surface area contributed by atoms with Crippen LogP contribution in [0.25, 0.3) is 5.57 Å². The Labute approximate surface area is 128 Å². The van der Waals surface area contributed by atoms with Gasteiger partial charge in [-0.2, -0.15) is 5.57 Å². The first-order valence-corrected chi connectivity index (χ1v) is 6.45. The van der Waals surface area contributed by atoms with Crippen molar-refractivity contribution in [2.24, 2.45) is 4.99 Å². The molecule has 19 heavy (non-hydrogen) atoms. The molecule has 3 heteroatoms. The van der Waals surface area contributed by atoms with Gasteiger partial charge in [0.25, 0.3) is 0 Å². The van der Waals surface area contributed by atoms with Crippen LogP contribution in [0.15, 0.2) is 41.4 Å². The molecule has 0 saturated heterocycles. The quantitative estimate of drug-likeness (QED) is 0.327. The number of benzene rings is 1. The molecular weight excluding hydrogens is 227 g/mol. The maximum Gasteiger partial charge on any atom is 1.00 e. The van der Waals surface area contributed by atoms with E-state index in [0.29, 0.717) is 0 Å². The van der Waals surface area contributed by atoms with Crippen molar-refractivity contribution in [2.45, 2.75) is 32.7 Å². The third-order valence-corrected chi connectivity index (χ3v) is 2.84. The molecule has 1 aliphatic heterocycles. The summed E-state index contributed by atoms with van der Waals surface area (Å²) in [5.41, 5.74) is 2.72. The average molecular weight is 248 g/mol. The summed E-state index contributed by atoms with van der Waals surface area (Å²) in [5, 5.41) is 0. The third kappa shape index (κ3) is 5.18. The second-order valence-corrected chi connectivity index (χ2v) is 5.61. The van der Waals surface area contributed by atoms with E-state index in [2.05, 4.69) is 73.6 Å². The van der Waals surface area contributed by atoms with E-state index >= 15 is 0 Å². The van der Waals surface area contributed by atoms with Crippen molar-refractivity contribution in [3.8, 4) is 0 Å². The van der Waals surface area contributed by atoms with Crippen molar-refractivity contribution in [2.75, 3.05) is 6.54 Å². The third-order valence-electron chi connectivity index (χ3n) is 2.84. The molecule has 0 aliphatic carbocycles. The van der Waals surface area contributed by atoms with E-state index in [4.69, 9.17) is 0 Å². The van der Waals surface area contributed by atoms with Crippen molar-refractivity contribution in [1.82, 2.24) is 4.90 Å². The fourth-order valence-electron chi connectivity index (χ4n) is 1.83. The summed E-state index contributed by atoms with van der Waals surface area (Å²) in [6, 6.07) is 10.6. The zero-order chi connectivity index (χ0) is 13.0. The SMILES string of the molecule is CC(C)(C)N=CN1[CH-]C=C(c2ccccc2)CC1.[Li+]. The van der Waals surface area contributed by atoms with Crippen LogP contribution >= 0.6 is 0 Å². The van der Waals surface area contributed by atoms with Crippen LogP contribution in [0.5, 0.6) is 0 Å². The Morgan fingerprint density at radius 3 is 2.42 bits per heavy atom. The second-order valence-electron chi connectivity index (χ2n) is 5.61. The summed E-state index contributed by atoms with van der Waals surface area (Å²) >= 11 is 0.